The van der Waals surface area contributed by atoms with Crippen LogP contribution >= 0.6 is 22.7 Å². The summed E-state index contributed by atoms with van der Waals surface area (Å²) >= 11 is 2.49. The third kappa shape index (κ3) is 31.7. The summed E-state index contributed by atoms with van der Waals surface area (Å²) in [6, 6.07) is 44.3. The van der Waals surface area contributed by atoms with Crippen molar-refractivity contribution in [3.8, 4) is 33.7 Å². The molecule has 4 aromatic heterocycles. The number of hydrogen-bond acceptors (Lipinski definition) is 37. The first-order valence-electron chi connectivity index (χ1n) is 47.0. The Bertz CT molecular complexity index is 5720. The number of benzene rings is 6. The number of carbonyl (C=O) groups excluding carboxylic acids is 8. The Morgan fingerprint density at radius 2 is 1.14 bits per heavy atom. The van der Waals surface area contributed by atoms with Crippen LogP contribution in [0.3, 0.4) is 0 Å². The van der Waals surface area contributed by atoms with Gasteiger partial charge in [0.05, 0.1) is 66.5 Å². The van der Waals surface area contributed by atoms with E-state index in [-0.39, 0.29) is 54.0 Å². The SMILES string of the molecule is Cc1c(N)nc([C@@H](CC(N)=O)NC[C@@H](N)C(N)=O)nc1C(=O)N[C@@H](C(=O)N[C@@H](C)[C@H](O)[C@@H](C)C(=O)N[C@H](C(=O)NCCc1nc(-c2nc(C(=O)NCCCN(C)CCCN(Cc3ccc(OCc4ccccc4)c(OCc4ccccc4)c3)Cc3ccc(OCc4ccccc4)c(OCc4ccccc4)c3)cs2)cs1)[C@@H](C)O)C(O[C@H]1O[C@@H](CO)[C@H](O)[C@@H](O)[C@H]1O[C@H]1O[C@@H](CO)[C@@H](O)[C@H](OC(N)=O)[C@@H]1O)c1c[nH]cn1. The van der Waals surface area contributed by atoms with Crippen molar-refractivity contribution in [1.29, 1.82) is 0 Å². The highest BCUT2D eigenvalue weighted by Gasteiger charge is 2.54. The Hall–Kier alpha value is -13.2. The topological polar surface area (TPSA) is 670 Å². The van der Waals surface area contributed by atoms with Crippen LogP contribution in [-0.2, 0) is 93.6 Å². The fraction of sp³-hybridized carbons (Fsp3) is 0.424. The van der Waals surface area contributed by atoms with Gasteiger partial charge in [-0.1, -0.05) is 140 Å². The van der Waals surface area contributed by atoms with E-state index in [0.29, 0.717) is 97.7 Å². The number of nitrogens with one attached hydrogen (secondary N) is 7. The molecule has 10 aromatic rings. The highest BCUT2D eigenvalue weighted by Crippen LogP contribution is 2.38. The van der Waals surface area contributed by atoms with Crippen LogP contribution in [0.2, 0.25) is 0 Å². The van der Waals surface area contributed by atoms with Gasteiger partial charge in [-0.05, 0) is 111 Å². The Kier molecular flexibility index (Phi) is 41.3. The molecule has 44 nitrogen and oxygen atoms in total. The number of anilines is 1. The van der Waals surface area contributed by atoms with Gasteiger partial charge in [0.25, 0.3) is 11.8 Å². The highest BCUT2D eigenvalue weighted by atomic mass is 32.1. The van der Waals surface area contributed by atoms with E-state index in [9.17, 15) is 69.6 Å². The molecule has 8 amide bonds. The summed E-state index contributed by atoms with van der Waals surface area (Å²) in [4.78, 5) is 138. The summed E-state index contributed by atoms with van der Waals surface area (Å²) in [5, 5.41) is 109. The van der Waals surface area contributed by atoms with Gasteiger partial charge in [-0.2, -0.15) is 0 Å². The molecule has 19 atom stereocenters. The number of thiazole rings is 2. The van der Waals surface area contributed by atoms with Crippen LogP contribution in [-0.4, -0.2) is 285 Å². The number of ether oxygens (including phenoxy) is 9. The van der Waals surface area contributed by atoms with Gasteiger partial charge in [0.1, 0.15) is 121 Å². The number of aromatic amines is 1. The van der Waals surface area contributed by atoms with E-state index in [1.165, 1.54) is 50.4 Å². The fourth-order valence-corrected chi connectivity index (χ4v) is 17.5. The van der Waals surface area contributed by atoms with Crippen LogP contribution in [0.1, 0.15) is 129 Å². The third-order valence-electron chi connectivity index (χ3n) is 24.0. The van der Waals surface area contributed by atoms with Crippen molar-refractivity contribution in [3.63, 3.8) is 0 Å². The molecule has 0 saturated carbocycles. The standard InChI is InChI=1S/C99H125N19O25S2/c1-54-77(113-90(116-88(54)102)65(40-75(101)122)108-41-64(100)89(103)128)94(132)115-79(85(66-42-105-53-109-66)141-98-87(83(126)81(124)73(45-119)140-98)142-97-84(127)86(143-99(104)134)82(125)74(46-120)139-97)95(133)110-56(3)80(123)55(2)91(129)114-78(57(4)121)93(131)107-34-32-76-111-68(52-144-76)96-112-67(51-145-96)92(130)106-33-18-35-117(5)36-19-37-118(43-62-28-30-69(135-47-58-20-10-6-11-21-58)71(38-62)137-49-60-24-14-8-15-25-60)44-63-29-31-70(136-48-59-22-12-7-13-23-59)72(39-63)138-50-61-26-16-9-17-27-61/h6-17,20-31,38-39,42,51-53,55-57,64-65,73-74,78-87,97-98,108,119-121,123-127H,18-19,32-37,40-41,43-50,100H2,1-5H3,(H2,101,122)(H2,103,128)(H2,104,134)(H,105,109)(H,106,130)(H,107,131)(H,110,133)(H,114,129)(H,115,132)(H2,102,113,116)/t55-,56+,57-,64-,65-,73+,74+,78+,79-,80-,81+,82-,83-,84+,85?,86+,87-,97-,98-/m1/s1. The van der Waals surface area contributed by atoms with Crippen molar-refractivity contribution >= 4 is 75.9 Å². The van der Waals surface area contributed by atoms with Crippen molar-refractivity contribution in [3.05, 3.63) is 248 Å². The van der Waals surface area contributed by atoms with E-state index in [0.717, 1.165) is 65.4 Å². The van der Waals surface area contributed by atoms with E-state index >= 15 is 9.59 Å². The van der Waals surface area contributed by atoms with Crippen LogP contribution in [0, 0.1) is 12.8 Å². The van der Waals surface area contributed by atoms with Crippen molar-refractivity contribution in [2.24, 2.45) is 28.9 Å². The maximum atomic E-state index is 15.4. The van der Waals surface area contributed by atoms with Crippen LogP contribution < -0.4 is 79.5 Å². The second-order valence-electron chi connectivity index (χ2n) is 35.1. The molecule has 0 spiro atoms. The molecule has 25 N–H and O–H groups in total. The summed E-state index contributed by atoms with van der Waals surface area (Å²) in [5.74, 6) is -6.36. The maximum absolute atomic E-state index is 15.4. The number of nitrogens with two attached hydrogens (primary N) is 5. The molecule has 2 fully saturated rings. The lowest BCUT2D eigenvalue weighted by molar-refractivity contribution is -0.372. The highest BCUT2D eigenvalue weighted by molar-refractivity contribution is 7.14. The first kappa shape index (κ1) is 111. The average Bonchev–Trinajstić information content (AvgIpc) is 1.17. The molecular formula is C99H125N19O25S2. The molecule has 46 heteroatoms. The number of nitrogen functional groups attached to an aromatic ring is 1. The molecule has 1 unspecified atom stereocenters. The minimum absolute atomic E-state index is 0.0463. The van der Waals surface area contributed by atoms with Gasteiger partial charge in [0.15, 0.2) is 41.7 Å². The summed E-state index contributed by atoms with van der Waals surface area (Å²) in [7, 11) is 2.06. The monoisotopic (exact) mass is 2040 g/mol. The van der Waals surface area contributed by atoms with Crippen LogP contribution in [0.4, 0.5) is 10.6 Å². The lowest BCUT2D eigenvalue weighted by Crippen LogP contribution is -2.65. The number of hydrogen-bond donors (Lipinski definition) is 20. The molecule has 6 heterocycles. The van der Waals surface area contributed by atoms with Gasteiger partial charge >= 0.3 is 6.09 Å². The van der Waals surface area contributed by atoms with Crippen molar-refractivity contribution in [2.75, 3.05) is 65.3 Å². The van der Waals surface area contributed by atoms with Crippen molar-refractivity contribution in [2.45, 2.75) is 203 Å². The van der Waals surface area contributed by atoms with E-state index in [4.69, 9.17) is 76.3 Å². The Balaban J connectivity index is 0.659. The molecule has 0 radical (unpaired) electrons. The first-order valence-corrected chi connectivity index (χ1v) is 48.7. The van der Waals surface area contributed by atoms with Gasteiger partial charge in [-0.25, -0.2) is 29.7 Å². The van der Waals surface area contributed by atoms with Crippen LogP contribution in [0.5, 0.6) is 23.0 Å². The molecule has 0 aliphatic carbocycles. The Morgan fingerprint density at radius 1 is 0.579 bits per heavy atom. The summed E-state index contributed by atoms with van der Waals surface area (Å²) in [6.45, 7) is 7.70. The van der Waals surface area contributed by atoms with Crippen molar-refractivity contribution < 1.29 is 122 Å². The number of carbonyl (C=O) groups is 8. The molecular weight excluding hydrogens is 1920 g/mol. The largest absolute Gasteiger partial charge is 0.485 e. The number of H-pyrrole nitrogens is 1. The quantitative estimate of drug-likeness (QED) is 0.0241. The predicted octanol–water partition coefficient (Wildman–Crippen LogP) is 1.76. The number of aromatic nitrogens is 6. The van der Waals surface area contributed by atoms with Gasteiger partial charge in [-0.3, -0.25) is 38.5 Å². The van der Waals surface area contributed by atoms with E-state index in [1.807, 2.05) is 133 Å². The lowest BCUT2D eigenvalue weighted by atomic mass is 9.96. The number of imidazole rings is 1. The first-order chi connectivity index (χ1) is 69.7. The van der Waals surface area contributed by atoms with Gasteiger partial charge in [0, 0.05) is 74.6 Å². The molecule has 2 aliphatic rings. The Labute approximate surface area is 843 Å². The van der Waals surface area contributed by atoms with Gasteiger partial charge in [-0.15, -0.1) is 22.7 Å². The molecule has 0 bridgehead atoms. The van der Waals surface area contributed by atoms with E-state index in [1.54, 1.807) is 10.8 Å². The second-order valence-corrected chi connectivity index (χ2v) is 36.9. The number of aliphatic hydroxyl groups is 8. The predicted molar refractivity (Wildman–Crippen MR) is 527 cm³/mol. The minimum Gasteiger partial charge on any atom is -0.485 e. The zero-order valence-electron chi connectivity index (χ0n) is 80.4. The molecule has 2 aliphatic heterocycles. The molecule has 145 heavy (non-hydrogen) atoms. The molecule has 12 rings (SSSR count). The number of rotatable bonds is 55. The lowest BCUT2D eigenvalue weighted by Gasteiger charge is -2.47. The fourth-order valence-electron chi connectivity index (χ4n) is 15.9. The normalized spacial score (nSPS) is 19.7. The molecule has 6 aromatic carbocycles. The Morgan fingerprint density at radius 3 is 1.69 bits per heavy atom. The van der Waals surface area contributed by atoms with Crippen LogP contribution in [0.25, 0.3) is 10.7 Å². The number of primary amides is 3. The van der Waals surface area contributed by atoms with E-state index in [2.05, 4.69) is 97.9 Å². The number of amides is 8. The van der Waals surface area contributed by atoms with Gasteiger partial charge in [0.2, 0.25) is 29.5 Å². The maximum Gasteiger partial charge on any atom is 0.404 e. The molecule has 2 saturated heterocycles. The summed E-state index contributed by atoms with van der Waals surface area (Å²) in [6.07, 6.45) is -24.0. The summed E-state index contributed by atoms with van der Waals surface area (Å²) in [5.41, 5.74) is 34.3. The number of aliphatic hydroxyl groups excluding tert-OH is 8. The minimum atomic E-state index is -2.22. The third-order valence-corrected chi connectivity index (χ3v) is 25.8. The second kappa shape index (κ2) is 54.1. The summed E-state index contributed by atoms with van der Waals surface area (Å²) < 4.78 is 54.9. The average molecular weight is 2050 g/mol. The van der Waals surface area contributed by atoms with Crippen molar-refractivity contribution in [1.82, 2.24) is 71.6 Å². The zero-order chi connectivity index (χ0) is 104. The smallest absolute Gasteiger partial charge is 0.404 e. The zero-order valence-corrected chi connectivity index (χ0v) is 82.0. The van der Waals surface area contributed by atoms with E-state index < -0.39 is 183 Å². The molecule has 778 valence electrons. The number of nitrogens with zero attached hydrogens (tertiary/aromatic N) is 7. The van der Waals surface area contributed by atoms with Crippen LogP contribution in [0.15, 0.2) is 181 Å². The van der Waals surface area contributed by atoms with Gasteiger partial charge < -0.3 is 154 Å².